The van der Waals surface area contributed by atoms with Gasteiger partial charge in [-0.2, -0.15) is 0 Å². The predicted octanol–water partition coefficient (Wildman–Crippen LogP) is 4.40. The van der Waals surface area contributed by atoms with Crippen LogP contribution >= 0.6 is 11.6 Å². The summed E-state index contributed by atoms with van der Waals surface area (Å²) in [5.74, 6) is 1.94. The van der Waals surface area contributed by atoms with Crippen molar-refractivity contribution in [2.45, 2.75) is 70.5 Å². The third-order valence-corrected chi connectivity index (χ3v) is 8.12. The Kier molecular flexibility index (Phi) is 3.94. The van der Waals surface area contributed by atoms with Crippen LogP contribution < -0.4 is 0 Å². The summed E-state index contributed by atoms with van der Waals surface area (Å²) in [6, 6.07) is 0. The second-order valence-corrected chi connectivity index (χ2v) is 8.96. The van der Waals surface area contributed by atoms with E-state index >= 15 is 0 Å². The summed E-state index contributed by atoms with van der Waals surface area (Å²) < 4.78 is 0. The minimum Gasteiger partial charge on any atom is -0.393 e. The third kappa shape index (κ3) is 2.21. The van der Waals surface area contributed by atoms with Crippen molar-refractivity contribution < 1.29 is 10.2 Å². The van der Waals surface area contributed by atoms with E-state index in [4.69, 9.17) is 11.6 Å². The Morgan fingerprint density at radius 2 is 1.96 bits per heavy atom. The van der Waals surface area contributed by atoms with E-state index in [0.29, 0.717) is 17.8 Å². The molecule has 0 spiro atoms. The van der Waals surface area contributed by atoms with Gasteiger partial charge in [0.1, 0.15) is 0 Å². The first-order valence-electron chi connectivity index (χ1n) is 9.35. The zero-order chi connectivity index (χ0) is 16.2. The van der Waals surface area contributed by atoms with E-state index in [0.717, 1.165) is 38.5 Å². The molecule has 3 saturated carbocycles. The molecule has 0 aromatic carbocycles. The molecule has 0 aromatic rings. The van der Waals surface area contributed by atoms with Crippen LogP contribution in [0.4, 0.5) is 0 Å². The SMILES string of the molecule is C[C@]12CCC3C(CC=C4C[C@@H](O)CC[C@@]43C=CCl)C1CC[C@@H]2O. The summed E-state index contributed by atoms with van der Waals surface area (Å²) >= 11 is 6.07. The van der Waals surface area contributed by atoms with E-state index < -0.39 is 0 Å². The van der Waals surface area contributed by atoms with E-state index in [2.05, 4.69) is 19.1 Å². The highest BCUT2D eigenvalue weighted by Gasteiger charge is 2.58. The van der Waals surface area contributed by atoms with Crippen molar-refractivity contribution in [3.8, 4) is 0 Å². The molecule has 3 unspecified atom stereocenters. The summed E-state index contributed by atoms with van der Waals surface area (Å²) in [4.78, 5) is 0. The fourth-order valence-corrected chi connectivity index (χ4v) is 6.97. The van der Waals surface area contributed by atoms with Crippen molar-refractivity contribution in [2.75, 3.05) is 0 Å². The molecule has 7 atom stereocenters. The number of halogens is 1. The van der Waals surface area contributed by atoms with E-state index in [1.54, 1.807) is 5.54 Å². The van der Waals surface area contributed by atoms with Crippen molar-refractivity contribution in [3.63, 3.8) is 0 Å². The smallest absolute Gasteiger partial charge is 0.0596 e. The maximum Gasteiger partial charge on any atom is 0.0596 e. The lowest BCUT2D eigenvalue weighted by Gasteiger charge is -2.57. The second-order valence-electron chi connectivity index (χ2n) is 8.71. The first-order chi connectivity index (χ1) is 11.0. The lowest BCUT2D eigenvalue weighted by atomic mass is 9.47. The van der Waals surface area contributed by atoms with E-state index in [1.807, 2.05) is 0 Å². The molecule has 0 amide bonds. The zero-order valence-electron chi connectivity index (χ0n) is 14.0. The molecule has 3 heteroatoms. The van der Waals surface area contributed by atoms with Crippen LogP contribution in [0.2, 0.25) is 0 Å². The molecule has 0 aliphatic heterocycles. The summed E-state index contributed by atoms with van der Waals surface area (Å²) in [6.07, 6.45) is 12.6. The third-order valence-electron chi connectivity index (χ3n) is 7.99. The average molecular weight is 337 g/mol. The molecule has 0 aromatic heterocycles. The lowest BCUT2D eigenvalue weighted by Crippen LogP contribution is -2.51. The summed E-state index contributed by atoms with van der Waals surface area (Å²) in [7, 11) is 0. The molecule has 23 heavy (non-hydrogen) atoms. The van der Waals surface area contributed by atoms with Gasteiger partial charge in [0.25, 0.3) is 0 Å². The molecule has 2 nitrogen and oxygen atoms in total. The second kappa shape index (κ2) is 5.61. The van der Waals surface area contributed by atoms with Crippen molar-refractivity contribution >= 4 is 11.6 Å². The molecule has 0 radical (unpaired) electrons. The van der Waals surface area contributed by atoms with Gasteiger partial charge in [-0.05, 0) is 74.5 Å². The Morgan fingerprint density at radius 3 is 2.74 bits per heavy atom. The average Bonchev–Trinajstić information content (AvgIpc) is 2.84. The number of aliphatic hydroxyl groups is 2. The highest BCUT2D eigenvalue weighted by molar-refractivity contribution is 6.25. The van der Waals surface area contributed by atoms with Crippen molar-refractivity contribution in [2.24, 2.45) is 28.6 Å². The van der Waals surface area contributed by atoms with Crippen LogP contribution in [-0.2, 0) is 0 Å². The first kappa shape index (κ1) is 16.2. The molecule has 2 N–H and O–H groups in total. The number of hydrogen-bond acceptors (Lipinski definition) is 2. The van der Waals surface area contributed by atoms with E-state index in [-0.39, 0.29) is 23.0 Å². The quantitative estimate of drug-likeness (QED) is 0.696. The Hall–Kier alpha value is -0.310. The van der Waals surface area contributed by atoms with Crippen LogP contribution in [-0.4, -0.2) is 22.4 Å². The minimum absolute atomic E-state index is 0.0682. The van der Waals surface area contributed by atoms with Gasteiger partial charge in [0.15, 0.2) is 0 Å². The summed E-state index contributed by atoms with van der Waals surface area (Å²) in [5.41, 5.74) is 3.33. The maximum atomic E-state index is 10.5. The van der Waals surface area contributed by atoms with Gasteiger partial charge in [-0.3, -0.25) is 0 Å². The largest absolute Gasteiger partial charge is 0.393 e. The number of fused-ring (bicyclic) bond motifs is 5. The molecular weight excluding hydrogens is 308 g/mol. The molecule has 4 aliphatic carbocycles. The van der Waals surface area contributed by atoms with Gasteiger partial charge in [0.2, 0.25) is 0 Å². The van der Waals surface area contributed by atoms with Crippen LogP contribution in [0, 0.1) is 28.6 Å². The Morgan fingerprint density at radius 1 is 1.13 bits per heavy atom. The summed E-state index contributed by atoms with van der Waals surface area (Å²) in [6.45, 7) is 2.32. The molecule has 4 aliphatic rings. The normalized spacial score (nSPS) is 52.7. The van der Waals surface area contributed by atoms with Crippen LogP contribution in [0.3, 0.4) is 0 Å². The van der Waals surface area contributed by atoms with E-state index in [9.17, 15) is 10.2 Å². The molecule has 0 heterocycles. The predicted molar refractivity (Wildman–Crippen MR) is 93.0 cm³/mol. The van der Waals surface area contributed by atoms with Gasteiger partial charge in [0, 0.05) is 11.0 Å². The number of hydrogen-bond donors (Lipinski definition) is 2. The Labute approximate surface area is 144 Å². The molecule has 4 rings (SSSR count). The van der Waals surface area contributed by atoms with Gasteiger partial charge in [-0.15, -0.1) is 0 Å². The maximum absolute atomic E-state index is 10.5. The van der Waals surface area contributed by atoms with Gasteiger partial charge in [-0.1, -0.05) is 36.2 Å². The lowest BCUT2D eigenvalue weighted by molar-refractivity contribution is -0.0642. The fourth-order valence-electron chi connectivity index (χ4n) is 6.74. The van der Waals surface area contributed by atoms with Crippen molar-refractivity contribution in [1.29, 1.82) is 0 Å². The van der Waals surface area contributed by atoms with E-state index in [1.165, 1.54) is 18.4 Å². The van der Waals surface area contributed by atoms with Crippen LogP contribution in [0.1, 0.15) is 58.3 Å². The number of allylic oxidation sites excluding steroid dienone is 2. The zero-order valence-corrected chi connectivity index (χ0v) is 14.8. The van der Waals surface area contributed by atoms with Crippen LogP contribution in [0.15, 0.2) is 23.3 Å². The van der Waals surface area contributed by atoms with Gasteiger partial charge in [-0.25, -0.2) is 0 Å². The molecule has 0 saturated heterocycles. The topological polar surface area (TPSA) is 40.5 Å². The Bertz CT molecular complexity index is 542. The van der Waals surface area contributed by atoms with Crippen LogP contribution in [0.25, 0.3) is 0 Å². The fraction of sp³-hybridized carbons (Fsp3) is 0.800. The number of aliphatic hydroxyl groups excluding tert-OH is 2. The van der Waals surface area contributed by atoms with Crippen molar-refractivity contribution in [3.05, 3.63) is 23.3 Å². The highest BCUT2D eigenvalue weighted by atomic mass is 35.5. The van der Waals surface area contributed by atoms with Crippen molar-refractivity contribution in [1.82, 2.24) is 0 Å². The number of rotatable bonds is 1. The standard InChI is InChI=1S/C20H29ClO2/c1-19-8-7-17-15(16(19)4-5-18(19)23)3-2-13-12-14(22)6-9-20(13,17)10-11-21/h2,10-11,14-18,22-23H,3-9,12H2,1H3/t14-,15?,16?,17?,18-,19-,20+/m0/s1. The molecular formula is C20H29ClO2. The van der Waals surface area contributed by atoms with Gasteiger partial charge < -0.3 is 10.2 Å². The molecule has 0 bridgehead atoms. The monoisotopic (exact) mass is 336 g/mol. The van der Waals surface area contributed by atoms with Gasteiger partial charge in [0.05, 0.1) is 12.2 Å². The highest BCUT2D eigenvalue weighted by Crippen LogP contribution is 2.65. The Balaban J connectivity index is 1.73. The summed E-state index contributed by atoms with van der Waals surface area (Å²) in [5, 5.41) is 20.6. The van der Waals surface area contributed by atoms with Crippen LogP contribution in [0.5, 0.6) is 0 Å². The minimum atomic E-state index is -0.184. The molecule has 128 valence electrons. The molecule has 3 fully saturated rings. The first-order valence-corrected chi connectivity index (χ1v) is 9.78. The van der Waals surface area contributed by atoms with Gasteiger partial charge >= 0.3 is 0 Å².